The summed E-state index contributed by atoms with van der Waals surface area (Å²) in [7, 11) is 0. The normalized spacial score (nSPS) is 17.0. The lowest BCUT2D eigenvalue weighted by molar-refractivity contribution is 0.0841. The highest BCUT2D eigenvalue weighted by Crippen LogP contribution is 2.34. The van der Waals surface area contributed by atoms with Crippen LogP contribution in [0.4, 0.5) is 8.78 Å². The first-order valence-corrected chi connectivity index (χ1v) is 11.5. The molecule has 0 radical (unpaired) electrons. The summed E-state index contributed by atoms with van der Waals surface area (Å²) >= 11 is 0. The van der Waals surface area contributed by atoms with E-state index in [0.29, 0.717) is 16.8 Å². The number of aryl methyl sites for hydroxylation is 1. The van der Waals surface area contributed by atoms with E-state index in [1.807, 2.05) is 0 Å². The first kappa shape index (κ1) is 21.7. The molecule has 1 saturated heterocycles. The van der Waals surface area contributed by atoms with E-state index in [9.17, 15) is 13.6 Å². The number of rotatable bonds is 6. The fourth-order valence-electron chi connectivity index (χ4n) is 4.83. The lowest BCUT2D eigenvalue weighted by Gasteiger charge is -2.31. The Morgan fingerprint density at radius 2 is 1.79 bits per heavy atom. The molecule has 1 aliphatic carbocycles. The molecule has 2 heterocycles. The molecule has 0 spiro atoms. The van der Waals surface area contributed by atoms with Crippen LogP contribution in [0.2, 0.25) is 0 Å². The van der Waals surface area contributed by atoms with Gasteiger partial charge in [-0.15, -0.1) is 0 Å². The number of nitrogens with zero attached hydrogens (tertiary/aromatic N) is 2. The zero-order chi connectivity index (χ0) is 22.8. The van der Waals surface area contributed by atoms with Gasteiger partial charge in [0.15, 0.2) is 5.78 Å². The van der Waals surface area contributed by atoms with E-state index in [1.54, 1.807) is 30.3 Å². The summed E-state index contributed by atoms with van der Waals surface area (Å²) in [6.07, 6.45) is 6.38. The third-order valence-electron chi connectivity index (χ3n) is 6.79. The fourth-order valence-corrected chi connectivity index (χ4v) is 4.83. The van der Waals surface area contributed by atoms with Crippen LogP contribution in [0, 0.1) is 17.6 Å². The highest BCUT2D eigenvalue weighted by atomic mass is 19.1. The highest BCUT2D eigenvalue weighted by Gasteiger charge is 2.26. The number of benzene rings is 2. The number of piperidine rings is 1. The third kappa shape index (κ3) is 4.67. The van der Waals surface area contributed by atoms with Gasteiger partial charge in [-0.25, -0.2) is 8.78 Å². The number of fused-ring (bicyclic) bond motifs is 1. The van der Waals surface area contributed by atoms with Crippen LogP contribution in [0.25, 0.3) is 17.3 Å². The second kappa shape index (κ2) is 9.40. The number of hydrogen-bond donors (Lipinski definition) is 0. The largest absolute Gasteiger partial charge is 0.360 e. The maximum absolute atomic E-state index is 14.3. The molecule has 1 aromatic heterocycles. The molecule has 6 heteroatoms. The van der Waals surface area contributed by atoms with E-state index in [-0.39, 0.29) is 23.3 Å². The number of likely N-dealkylation sites (tertiary alicyclic amines) is 1. The van der Waals surface area contributed by atoms with Crippen LogP contribution < -0.4 is 0 Å². The fraction of sp³-hybridized carbons (Fsp3) is 0.333. The topological polar surface area (TPSA) is 46.3 Å². The SMILES string of the molecule is O=C(c1ccc(F)cc1)C1CCN(CCC2=Cc3c(-c4ccccc4F)noc3CC2)CC1. The van der Waals surface area contributed by atoms with E-state index >= 15 is 0 Å². The average Bonchev–Trinajstić information content (AvgIpc) is 3.26. The molecular formula is C27H26F2N2O2. The first-order valence-electron chi connectivity index (χ1n) is 11.5. The standard InChI is InChI=1S/C27H26F2N2O2/c28-21-8-6-19(7-9-21)27(32)20-12-15-31(16-13-20)14-11-18-5-10-25-23(17-18)26(30-33-25)22-3-1-2-4-24(22)29/h1-4,6-9,17,20H,5,10-16H2. The average molecular weight is 449 g/mol. The van der Waals surface area contributed by atoms with Crippen LogP contribution in [-0.2, 0) is 6.42 Å². The Labute approximate surface area is 191 Å². The van der Waals surface area contributed by atoms with Gasteiger partial charge in [0.2, 0.25) is 0 Å². The van der Waals surface area contributed by atoms with Gasteiger partial charge in [0.05, 0.1) is 0 Å². The van der Waals surface area contributed by atoms with Crippen LogP contribution >= 0.6 is 0 Å². The van der Waals surface area contributed by atoms with E-state index in [4.69, 9.17) is 4.52 Å². The second-order valence-electron chi connectivity index (χ2n) is 8.89. The summed E-state index contributed by atoms with van der Waals surface area (Å²) in [5, 5.41) is 4.15. The van der Waals surface area contributed by atoms with E-state index in [2.05, 4.69) is 16.1 Å². The molecule has 0 amide bonds. The molecule has 3 aromatic rings. The quantitative estimate of drug-likeness (QED) is 0.438. The predicted octanol–water partition coefficient (Wildman–Crippen LogP) is 5.93. The molecule has 5 rings (SSSR count). The van der Waals surface area contributed by atoms with Crippen molar-refractivity contribution in [3.63, 3.8) is 0 Å². The van der Waals surface area contributed by atoms with Crippen molar-refractivity contribution in [1.82, 2.24) is 10.1 Å². The summed E-state index contributed by atoms with van der Waals surface area (Å²) in [4.78, 5) is 15.1. The summed E-state index contributed by atoms with van der Waals surface area (Å²) in [6, 6.07) is 12.5. The van der Waals surface area contributed by atoms with Crippen molar-refractivity contribution in [2.45, 2.75) is 32.1 Å². The van der Waals surface area contributed by atoms with E-state index < -0.39 is 0 Å². The molecule has 1 fully saturated rings. The maximum atomic E-state index is 14.3. The molecule has 2 aliphatic rings. The van der Waals surface area contributed by atoms with Crippen LogP contribution in [0.3, 0.4) is 0 Å². The molecule has 4 nitrogen and oxygen atoms in total. The molecule has 2 aromatic carbocycles. The molecule has 33 heavy (non-hydrogen) atoms. The lowest BCUT2D eigenvalue weighted by Crippen LogP contribution is -2.37. The highest BCUT2D eigenvalue weighted by molar-refractivity contribution is 5.97. The Bertz CT molecular complexity index is 1180. The first-order chi connectivity index (χ1) is 16.1. The molecule has 0 unspecified atom stereocenters. The lowest BCUT2D eigenvalue weighted by atomic mass is 9.88. The summed E-state index contributed by atoms with van der Waals surface area (Å²) in [6.45, 7) is 2.69. The number of carbonyl (C=O) groups excluding carboxylic acids is 1. The zero-order valence-corrected chi connectivity index (χ0v) is 18.4. The number of halogens is 2. The van der Waals surface area contributed by atoms with Gasteiger partial charge in [-0.1, -0.05) is 22.9 Å². The Balaban J connectivity index is 1.18. The van der Waals surface area contributed by atoms with Crippen molar-refractivity contribution < 1.29 is 18.1 Å². The Morgan fingerprint density at radius 1 is 1.03 bits per heavy atom. The van der Waals surface area contributed by atoms with Crippen LogP contribution in [0.5, 0.6) is 0 Å². The van der Waals surface area contributed by atoms with Crippen molar-refractivity contribution in [3.05, 3.63) is 82.6 Å². The minimum Gasteiger partial charge on any atom is -0.360 e. The zero-order valence-electron chi connectivity index (χ0n) is 18.4. The molecule has 0 N–H and O–H groups in total. The summed E-state index contributed by atoms with van der Waals surface area (Å²) in [5.41, 5.74) is 3.84. The summed E-state index contributed by atoms with van der Waals surface area (Å²) in [5.74, 6) is 0.316. The third-order valence-corrected chi connectivity index (χ3v) is 6.79. The Morgan fingerprint density at radius 3 is 2.55 bits per heavy atom. The van der Waals surface area contributed by atoms with Gasteiger partial charge in [0.25, 0.3) is 0 Å². The second-order valence-corrected chi connectivity index (χ2v) is 8.89. The molecule has 1 aliphatic heterocycles. The van der Waals surface area contributed by atoms with Gasteiger partial charge in [-0.2, -0.15) is 0 Å². The maximum Gasteiger partial charge on any atom is 0.166 e. The van der Waals surface area contributed by atoms with Crippen molar-refractivity contribution in [1.29, 1.82) is 0 Å². The molecule has 170 valence electrons. The van der Waals surface area contributed by atoms with E-state index in [0.717, 1.165) is 63.1 Å². The number of hydrogen-bond acceptors (Lipinski definition) is 4. The summed E-state index contributed by atoms with van der Waals surface area (Å²) < 4.78 is 32.9. The smallest absolute Gasteiger partial charge is 0.166 e. The molecule has 0 bridgehead atoms. The number of Topliss-reactive ketones (excluding diaryl/α,β-unsaturated/α-hetero) is 1. The number of aromatic nitrogens is 1. The number of ketones is 1. The Hall–Kier alpha value is -3.12. The van der Waals surface area contributed by atoms with Crippen molar-refractivity contribution in [2.75, 3.05) is 19.6 Å². The van der Waals surface area contributed by atoms with Gasteiger partial charge in [0, 0.05) is 35.6 Å². The minimum absolute atomic E-state index is 0.00324. The van der Waals surface area contributed by atoms with Crippen molar-refractivity contribution >= 4 is 11.9 Å². The number of carbonyl (C=O) groups is 1. The minimum atomic E-state index is -0.322. The van der Waals surface area contributed by atoms with Crippen molar-refractivity contribution in [3.8, 4) is 11.3 Å². The van der Waals surface area contributed by atoms with Crippen LogP contribution in [-0.4, -0.2) is 35.5 Å². The van der Waals surface area contributed by atoms with Crippen LogP contribution in [0.15, 0.2) is 58.6 Å². The molecule has 0 saturated carbocycles. The van der Waals surface area contributed by atoms with E-state index in [1.165, 1.54) is 23.8 Å². The van der Waals surface area contributed by atoms with Gasteiger partial charge in [-0.3, -0.25) is 4.79 Å². The van der Waals surface area contributed by atoms with Gasteiger partial charge in [-0.05, 0) is 81.2 Å². The van der Waals surface area contributed by atoms with Crippen molar-refractivity contribution in [2.24, 2.45) is 5.92 Å². The van der Waals surface area contributed by atoms with Gasteiger partial charge >= 0.3 is 0 Å². The van der Waals surface area contributed by atoms with Gasteiger partial charge in [0.1, 0.15) is 23.1 Å². The Kier molecular flexibility index (Phi) is 6.18. The predicted molar refractivity (Wildman–Crippen MR) is 123 cm³/mol. The monoisotopic (exact) mass is 448 g/mol. The molecule has 0 atom stereocenters. The van der Waals surface area contributed by atoms with Gasteiger partial charge < -0.3 is 9.42 Å². The van der Waals surface area contributed by atoms with Crippen LogP contribution in [0.1, 0.15) is 47.4 Å². The molecular weight excluding hydrogens is 422 g/mol.